The monoisotopic (exact) mass is 194 g/mol. The van der Waals surface area contributed by atoms with Crippen molar-refractivity contribution in [3.8, 4) is 18.4 Å². The van der Waals surface area contributed by atoms with E-state index >= 15 is 0 Å². The molecule has 0 aliphatic rings. The summed E-state index contributed by atoms with van der Waals surface area (Å²) in [5.41, 5.74) is 0. The van der Waals surface area contributed by atoms with Gasteiger partial charge < -0.3 is 9.64 Å². The van der Waals surface area contributed by atoms with Gasteiger partial charge in [-0.1, -0.05) is 5.92 Å². The van der Waals surface area contributed by atoms with Gasteiger partial charge in [0.2, 0.25) is 5.91 Å². The van der Waals surface area contributed by atoms with Gasteiger partial charge in [-0.25, -0.2) is 0 Å². The van der Waals surface area contributed by atoms with E-state index in [-0.39, 0.29) is 12.5 Å². The van der Waals surface area contributed by atoms with Gasteiger partial charge in [-0.2, -0.15) is 5.26 Å². The van der Waals surface area contributed by atoms with Crippen molar-refractivity contribution in [1.29, 1.82) is 5.26 Å². The molecule has 0 heterocycles. The van der Waals surface area contributed by atoms with Crippen molar-refractivity contribution in [2.45, 2.75) is 12.8 Å². The molecule has 14 heavy (non-hydrogen) atoms. The average Bonchev–Trinajstić information content (AvgIpc) is 2.20. The highest BCUT2D eigenvalue weighted by atomic mass is 16.5. The fourth-order valence-electron chi connectivity index (χ4n) is 0.824. The first-order chi connectivity index (χ1) is 6.72. The molecule has 0 spiro atoms. The SMILES string of the molecule is C#CCOCCC(=O)N(C)CCC#N. The molecule has 0 aliphatic heterocycles. The molecule has 0 aromatic rings. The molecule has 0 radical (unpaired) electrons. The van der Waals surface area contributed by atoms with Crippen LogP contribution in [0.15, 0.2) is 0 Å². The molecule has 0 unspecified atom stereocenters. The number of ether oxygens (including phenoxy) is 1. The number of rotatable bonds is 6. The van der Waals surface area contributed by atoms with E-state index in [2.05, 4.69) is 5.92 Å². The summed E-state index contributed by atoms with van der Waals surface area (Å²) in [6.07, 6.45) is 5.63. The van der Waals surface area contributed by atoms with Crippen molar-refractivity contribution < 1.29 is 9.53 Å². The van der Waals surface area contributed by atoms with Gasteiger partial charge in [0.05, 0.1) is 25.5 Å². The van der Waals surface area contributed by atoms with Crippen LogP contribution in [0.25, 0.3) is 0 Å². The normalized spacial score (nSPS) is 8.79. The van der Waals surface area contributed by atoms with Gasteiger partial charge in [0, 0.05) is 13.6 Å². The largest absolute Gasteiger partial charge is 0.368 e. The third kappa shape index (κ3) is 6.05. The highest BCUT2D eigenvalue weighted by Gasteiger charge is 2.06. The van der Waals surface area contributed by atoms with Crippen LogP contribution in [-0.4, -0.2) is 37.6 Å². The molecule has 4 heteroatoms. The number of hydrogen-bond acceptors (Lipinski definition) is 3. The summed E-state index contributed by atoms with van der Waals surface area (Å²) in [5, 5.41) is 8.31. The number of terminal acetylenes is 1. The average molecular weight is 194 g/mol. The molecule has 0 fully saturated rings. The second kappa shape index (κ2) is 8.10. The Morgan fingerprint density at radius 2 is 2.36 bits per heavy atom. The third-order valence-electron chi connectivity index (χ3n) is 1.63. The summed E-state index contributed by atoms with van der Waals surface area (Å²) >= 11 is 0. The van der Waals surface area contributed by atoms with Gasteiger partial charge in [0.25, 0.3) is 0 Å². The quantitative estimate of drug-likeness (QED) is 0.454. The van der Waals surface area contributed by atoms with Gasteiger partial charge in [0.15, 0.2) is 0 Å². The predicted octanol–water partition coefficient (Wildman–Crippen LogP) is 0.398. The Labute approximate surface area is 84.5 Å². The molecule has 0 atom stereocenters. The maximum Gasteiger partial charge on any atom is 0.224 e. The fraction of sp³-hybridized carbons (Fsp3) is 0.600. The first kappa shape index (κ1) is 12.5. The zero-order chi connectivity index (χ0) is 10.8. The lowest BCUT2D eigenvalue weighted by Gasteiger charge is -2.14. The van der Waals surface area contributed by atoms with E-state index in [9.17, 15) is 4.79 Å². The Hall–Kier alpha value is -1.52. The molecule has 0 aromatic heterocycles. The Morgan fingerprint density at radius 1 is 1.64 bits per heavy atom. The minimum absolute atomic E-state index is 0.0303. The lowest BCUT2D eigenvalue weighted by Crippen LogP contribution is -2.28. The van der Waals surface area contributed by atoms with Crippen LogP contribution < -0.4 is 0 Å². The van der Waals surface area contributed by atoms with Crippen molar-refractivity contribution in [3.63, 3.8) is 0 Å². The van der Waals surface area contributed by atoms with Crippen LogP contribution in [0.3, 0.4) is 0 Å². The van der Waals surface area contributed by atoms with Gasteiger partial charge in [-0.05, 0) is 0 Å². The second-order valence-electron chi connectivity index (χ2n) is 2.73. The van der Waals surface area contributed by atoms with Crippen molar-refractivity contribution in [1.82, 2.24) is 4.90 Å². The Morgan fingerprint density at radius 3 is 2.93 bits per heavy atom. The maximum atomic E-state index is 11.3. The molecule has 76 valence electrons. The minimum Gasteiger partial charge on any atom is -0.368 e. The van der Waals surface area contributed by atoms with Gasteiger partial charge in [0.1, 0.15) is 6.61 Å². The number of nitriles is 1. The van der Waals surface area contributed by atoms with E-state index in [1.807, 2.05) is 6.07 Å². The van der Waals surface area contributed by atoms with Gasteiger partial charge in [-0.15, -0.1) is 6.42 Å². The van der Waals surface area contributed by atoms with Crippen LogP contribution in [0.5, 0.6) is 0 Å². The third-order valence-corrected chi connectivity index (χ3v) is 1.63. The number of carbonyl (C=O) groups is 1. The molecule has 0 saturated heterocycles. The van der Waals surface area contributed by atoms with E-state index < -0.39 is 0 Å². The lowest BCUT2D eigenvalue weighted by atomic mass is 10.3. The summed E-state index contributed by atoms with van der Waals surface area (Å²) in [7, 11) is 1.67. The summed E-state index contributed by atoms with van der Waals surface area (Å²) in [5.74, 6) is 2.28. The number of amides is 1. The highest BCUT2D eigenvalue weighted by Crippen LogP contribution is 1.93. The number of nitrogens with zero attached hydrogens (tertiary/aromatic N) is 2. The summed E-state index contributed by atoms with van der Waals surface area (Å²) < 4.78 is 4.96. The van der Waals surface area contributed by atoms with Crippen molar-refractivity contribution in [2.75, 3.05) is 26.8 Å². The highest BCUT2D eigenvalue weighted by molar-refractivity contribution is 5.75. The van der Waals surface area contributed by atoms with Crippen molar-refractivity contribution in [2.24, 2.45) is 0 Å². The van der Waals surface area contributed by atoms with Gasteiger partial charge in [-0.3, -0.25) is 4.79 Å². The fourth-order valence-corrected chi connectivity index (χ4v) is 0.824. The van der Waals surface area contributed by atoms with Crippen LogP contribution >= 0.6 is 0 Å². The maximum absolute atomic E-state index is 11.3. The standard InChI is InChI=1S/C10H14N2O2/c1-3-8-14-9-5-10(13)12(2)7-4-6-11/h1H,4-5,7-9H2,2H3. The van der Waals surface area contributed by atoms with E-state index in [1.54, 1.807) is 7.05 Å². The van der Waals surface area contributed by atoms with E-state index in [0.717, 1.165) is 0 Å². The van der Waals surface area contributed by atoms with Crippen LogP contribution in [0.2, 0.25) is 0 Å². The van der Waals surface area contributed by atoms with Gasteiger partial charge >= 0.3 is 0 Å². The molecular weight excluding hydrogens is 180 g/mol. The molecule has 0 saturated carbocycles. The molecule has 0 rings (SSSR count). The number of carbonyl (C=O) groups excluding carboxylic acids is 1. The summed E-state index contributed by atoms with van der Waals surface area (Å²) in [6.45, 7) is 1.03. The van der Waals surface area contributed by atoms with Crippen LogP contribution in [-0.2, 0) is 9.53 Å². The van der Waals surface area contributed by atoms with E-state index in [4.69, 9.17) is 16.4 Å². The Bertz CT molecular complexity index is 250. The van der Waals surface area contributed by atoms with Crippen LogP contribution in [0.1, 0.15) is 12.8 Å². The Kier molecular flexibility index (Phi) is 7.22. The Balaban J connectivity index is 3.54. The first-order valence-corrected chi connectivity index (χ1v) is 4.34. The van der Waals surface area contributed by atoms with Crippen LogP contribution in [0, 0.1) is 23.7 Å². The smallest absolute Gasteiger partial charge is 0.224 e. The van der Waals surface area contributed by atoms with E-state index in [0.29, 0.717) is 26.0 Å². The molecule has 4 nitrogen and oxygen atoms in total. The predicted molar refractivity (Wildman–Crippen MR) is 52.1 cm³/mol. The lowest BCUT2D eigenvalue weighted by molar-refractivity contribution is -0.130. The second-order valence-corrected chi connectivity index (χ2v) is 2.73. The van der Waals surface area contributed by atoms with Crippen molar-refractivity contribution >= 4 is 5.91 Å². The topological polar surface area (TPSA) is 53.3 Å². The molecule has 0 N–H and O–H groups in total. The number of hydrogen-bond donors (Lipinski definition) is 0. The van der Waals surface area contributed by atoms with Crippen LogP contribution in [0.4, 0.5) is 0 Å². The molecule has 0 bridgehead atoms. The molecule has 0 aromatic carbocycles. The molecule has 0 aliphatic carbocycles. The first-order valence-electron chi connectivity index (χ1n) is 4.34. The summed E-state index contributed by atoms with van der Waals surface area (Å²) in [4.78, 5) is 12.8. The summed E-state index contributed by atoms with van der Waals surface area (Å²) in [6, 6.07) is 1.98. The zero-order valence-corrected chi connectivity index (χ0v) is 8.32. The minimum atomic E-state index is -0.0303. The van der Waals surface area contributed by atoms with E-state index in [1.165, 1.54) is 4.90 Å². The molecular formula is C10H14N2O2. The van der Waals surface area contributed by atoms with Crippen molar-refractivity contribution in [3.05, 3.63) is 0 Å². The molecule has 1 amide bonds. The zero-order valence-electron chi connectivity index (χ0n) is 8.32.